The van der Waals surface area contributed by atoms with Crippen molar-refractivity contribution >= 4 is 5.69 Å². The molecule has 0 fully saturated rings. The van der Waals surface area contributed by atoms with Gasteiger partial charge in [-0.2, -0.15) is 5.26 Å². The molecule has 0 heterocycles. The Bertz CT molecular complexity index is 317. The van der Waals surface area contributed by atoms with Crippen LogP contribution in [0, 0.1) is 17.1 Å². The van der Waals surface area contributed by atoms with Crippen molar-refractivity contribution in [1.82, 2.24) is 0 Å². The first-order valence-electron chi connectivity index (χ1n) is 4.18. The van der Waals surface area contributed by atoms with Crippen molar-refractivity contribution in [2.75, 3.05) is 5.32 Å². The van der Waals surface area contributed by atoms with E-state index in [9.17, 15) is 4.39 Å². The molecule has 0 bridgehead atoms. The van der Waals surface area contributed by atoms with Crippen LogP contribution in [0.1, 0.15) is 13.3 Å². The summed E-state index contributed by atoms with van der Waals surface area (Å²) in [6, 6.07) is 8.07. The zero-order valence-corrected chi connectivity index (χ0v) is 7.42. The van der Waals surface area contributed by atoms with Crippen LogP contribution in [0.15, 0.2) is 24.3 Å². The van der Waals surface area contributed by atoms with Gasteiger partial charge in [-0.3, -0.25) is 0 Å². The van der Waals surface area contributed by atoms with Gasteiger partial charge in [-0.25, -0.2) is 4.39 Å². The summed E-state index contributed by atoms with van der Waals surface area (Å²) in [5.41, 5.74) is 0.385. The number of anilines is 1. The molecule has 1 aromatic rings. The highest BCUT2D eigenvalue weighted by Gasteiger charge is 2.06. The number of nitrogens with zero attached hydrogens (tertiary/aromatic N) is 1. The first-order chi connectivity index (χ1) is 6.27. The molecule has 1 aromatic carbocycles. The van der Waals surface area contributed by atoms with E-state index in [4.69, 9.17) is 5.26 Å². The molecule has 13 heavy (non-hydrogen) atoms. The number of halogens is 1. The topological polar surface area (TPSA) is 35.8 Å². The molecule has 0 aliphatic rings. The largest absolute Gasteiger partial charge is 0.367 e. The molecular weight excluding hydrogens is 167 g/mol. The number of benzene rings is 1. The van der Waals surface area contributed by atoms with Crippen molar-refractivity contribution < 1.29 is 4.39 Å². The van der Waals surface area contributed by atoms with Crippen molar-refractivity contribution in [2.24, 2.45) is 0 Å². The van der Waals surface area contributed by atoms with Crippen LogP contribution in [-0.2, 0) is 0 Å². The molecule has 0 radical (unpaired) electrons. The fourth-order valence-corrected chi connectivity index (χ4v) is 0.992. The average Bonchev–Trinajstić information content (AvgIpc) is 2.17. The minimum Gasteiger partial charge on any atom is -0.367 e. The summed E-state index contributed by atoms with van der Waals surface area (Å²) in [5.74, 6) is -0.323. The van der Waals surface area contributed by atoms with Gasteiger partial charge in [0.25, 0.3) is 0 Å². The number of hydrogen-bond acceptors (Lipinski definition) is 2. The minimum atomic E-state index is -0.323. The molecule has 1 atom stereocenters. The molecule has 0 aliphatic heterocycles. The lowest BCUT2D eigenvalue weighted by Crippen LogP contribution is -2.16. The zero-order valence-electron chi connectivity index (χ0n) is 7.42. The maximum Gasteiger partial charge on any atom is 0.146 e. The van der Waals surface area contributed by atoms with E-state index < -0.39 is 0 Å². The molecule has 0 saturated carbocycles. The van der Waals surface area contributed by atoms with Gasteiger partial charge < -0.3 is 5.32 Å². The van der Waals surface area contributed by atoms with E-state index in [-0.39, 0.29) is 11.9 Å². The first kappa shape index (κ1) is 9.53. The summed E-state index contributed by atoms with van der Waals surface area (Å²) in [7, 11) is 0. The Hall–Kier alpha value is -1.56. The third-order valence-electron chi connectivity index (χ3n) is 1.77. The molecule has 68 valence electrons. The fourth-order valence-electron chi connectivity index (χ4n) is 0.992. The molecule has 0 amide bonds. The normalized spacial score (nSPS) is 11.8. The van der Waals surface area contributed by atoms with Crippen molar-refractivity contribution in [2.45, 2.75) is 19.4 Å². The van der Waals surface area contributed by atoms with Gasteiger partial charge in [0.05, 0.1) is 11.8 Å². The van der Waals surface area contributed by atoms with Crippen molar-refractivity contribution in [1.29, 1.82) is 5.26 Å². The third kappa shape index (κ3) is 2.45. The highest BCUT2D eigenvalue weighted by atomic mass is 19.1. The maximum absolute atomic E-state index is 13.1. The van der Waals surface area contributed by atoms with Gasteiger partial charge in [0.2, 0.25) is 0 Å². The van der Waals surface area contributed by atoms with Crippen LogP contribution in [0.5, 0.6) is 0 Å². The number of nitriles is 1. The Morgan fingerprint density at radius 2 is 2.23 bits per heavy atom. The van der Waals surface area contributed by atoms with Crippen LogP contribution < -0.4 is 5.32 Å². The van der Waals surface area contributed by atoms with E-state index >= 15 is 0 Å². The van der Waals surface area contributed by atoms with Gasteiger partial charge in [0.15, 0.2) is 0 Å². The fraction of sp³-hybridized carbons (Fsp3) is 0.300. The second kappa shape index (κ2) is 4.46. The van der Waals surface area contributed by atoms with Crippen LogP contribution >= 0.6 is 0 Å². The Morgan fingerprint density at radius 1 is 1.54 bits per heavy atom. The molecule has 3 heteroatoms. The maximum atomic E-state index is 13.1. The minimum absolute atomic E-state index is 0.322. The summed E-state index contributed by atoms with van der Waals surface area (Å²) in [6.45, 7) is 1.88. The molecule has 0 aromatic heterocycles. The quantitative estimate of drug-likeness (QED) is 0.772. The summed E-state index contributed by atoms with van der Waals surface area (Å²) in [6.07, 6.45) is 0.658. The predicted molar refractivity (Wildman–Crippen MR) is 49.7 cm³/mol. The highest BCUT2D eigenvalue weighted by Crippen LogP contribution is 2.14. The van der Waals surface area contributed by atoms with E-state index in [1.54, 1.807) is 18.2 Å². The summed E-state index contributed by atoms with van der Waals surface area (Å²) >= 11 is 0. The van der Waals surface area contributed by atoms with Gasteiger partial charge in [0.1, 0.15) is 11.9 Å². The van der Waals surface area contributed by atoms with Gasteiger partial charge in [0, 0.05) is 0 Å². The number of para-hydroxylation sites is 1. The van der Waals surface area contributed by atoms with E-state index in [0.717, 1.165) is 0 Å². The van der Waals surface area contributed by atoms with Crippen LogP contribution in [-0.4, -0.2) is 6.04 Å². The third-order valence-corrected chi connectivity index (χ3v) is 1.77. The molecule has 1 unspecified atom stereocenters. The average molecular weight is 178 g/mol. The summed E-state index contributed by atoms with van der Waals surface area (Å²) < 4.78 is 13.1. The van der Waals surface area contributed by atoms with Gasteiger partial charge in [-0.15, -0.1) is 0 Å². The smallest absolute Gasteiger partial charge is 0.146 e. The number of nitrogens with one attached hydrogen (secondary N) is 1. The Balaban J connectivity index is 2.74. The first-order valence-corrected chi connectivity index (χ1v) is 4.18. The summed E-state index contributed by atoms with van der Waals surface area (Å²) in [4.78, 5) is 0. The van der Waals surface area contributed by atoms with E-state index in [1.165, 1.54) is 6.07 Å². The van der Waals surface area contributed by atoms with Crippen molar-refractivity contribution in [3.8, 4) is 6.07 Å². The molecule has 0 spiro atoms. The second-order valence-electron chi connectivity index (χ2n) is 2.71. The predicted octanol–water partition coefficient (Wildman–Crippen LogP) is 2.54. The van der Waals surface area contributed by atoms with Gasteiger partial charge >= 0.3 is 0 Å². The molecule has 1 N–H and O–H groups in total. The summed E-state index contributed by atoms with van der Waals surface area (Å²) in [5, 5.41) is 11.5. The van der Waals surface area contributed by atoms with E-state index in [1.807, 2.05) is 13.0 Å². The molecule has 1 rings (SSSR count). The second-order valence-corrected chi connectivity index (χ2v) is 2.71. The number of rotatable bonds is 3. The van der Waals surface area contributed by atoms with Crippen molar-refractivity contribution in [3.05, 3.63) is 30.1 Å². The van der Waals surface area contributed by atoms with E-state index in [0.29, 0.717) is 12.1 Å². The van der Waals surface area contributed by atoms with Crippen LogP contribution in [0.25, 0.3) is 0 Å². The lowest BCUT2D eigenvalue weighted by atomic mass is 10.2. The van der Waals surface area contributed by atoms with Gasteiger partial charge in [-0.05, 0) is 18.6 Å². The Kier molecular flexibility index (Phi) is 3.27. The lowest BCUT2D eigenvalue weighted by Gasteiger charge is -2.10. The Morgan fingerprint density at radius 3 is 2.77 bits per heavy atom. The molecule has 0 aliphatic carbocycles. The van der Waals surface area contributed by atoms with E-state index in [2.05, 4.69) is 5.32 Å². The van der Waals surface area contributed by atoms with Gasteiger partial charge in [-0.1, -0.05) is 19.1 Å². The lowest BCUT2D eigenvalue weighted by molar-refractivity contribution is 0.628. The van der Waals surface area contributed by atoms with Crippen LogP contribution in [0.4, 0.5) is 10.1 Å². The SMILES string of the molecule is CCC(C#N)Nc1ccccc1F. The van der Waals surface area contributed by atoms with Crippen molar-refractivity contribution in [3.63, 3.8) is 0 Å². The highest BCUT2D eigenvalue weighted by molar-refractivity contribution is 5.46. The molecule has 0 saturated heterocycles. The molecule has 2 nitrogen and oxygen atoms in total. The Labute approximate surface area is 77.0 Å². The monoisotopic (exact) mass is 178 g/mol. The standard InChI is InChI=1S/C10H11FN2/c1-2-8(7-12)13-10-6-4-3-5-9(10)11/h3-6,8,13H,2H2,1H3. The number of hydrogen-bond donors (Lipinski definition) is 1. The molecular formula is C10H11FN2. The van der Waals surface area contributed by atoms with Crippen LogP contribution in [0.3, 0.4) is 0 Å². The zero-order chi connectivity index (χ0) is 9.68. The van der Waals surface area contributed by atoms with Crippen LogP contribution in [0.2, 0.25) is 0 Å².